The summed E-state index contributed by atoms with van der Waals surface area (Å²) in [6.07, 6.45) is 1.66. The van der Waals surface area contributed by atoms with E-state index in [4.69, 9.17) is 14.2 Å². The van der Waals surface area contributed by atoms with E-state index in [0.29, 0.717) is 27.3 Å². The number of esters is 1. The van der Waals surface area contributed by atoms with Gasteiger partial charge >= 0.3 is 5.97 Å². The first-order chi connectivity index (χ1) is 15.0. The van der Waals surface area contributed by atoms with E-state index < -0.39 is 5.97 Å². The maximum Gasteiger partial charge on any atom is 0.351 e. The van der Waals surface area contributed by atoms with Crippen LogP contribution >= 0.6 is 11.3 Å². The smallest absolute Gasteiger partial charge is 0.351 e. The van der Waals surface area contributed by atoms with E-state index in [2.05, 4.69) is 0 Å². The van der Waals surface area contributed by atoms with Crippen LogP contribution in [-0.4, -0.2) is 31.4 Å². The van der Waals surface area contributed by atoms with Crippen molar-refractivity contribution in [2.24, 2.45) is 0 Å². The van der Waals surface area contributed by atoms with Crippen LogP contribution in [0.15, 0.2) is 53.3 Å². The highest BCUT2D eigenvalue weighted by Gasteiger charge is 2.18. The highest BCUT2D eigenvalue weighted by Crippen LogP contribution is 2.24. The number of nitriles is 1. The lowest BCUT2D eigenvalue weighted by Gasteiger charge is -2.06. The normalized spacial score (nSPS) is 12.1. The number of methoxy groups -OCH3 is 2. The maximum atomic E-state index is 13.3. The Morgan fingerprint density at radius 1 is 1.16 bits per heavy atom. The predicted octanol–water partition coefficient (Wildman–Crippen LogP) is 1.98. The van der Waals surface area contributed by atoms with E-state index in [9.17, 15) is 14.9 Å². The Morgan fingerprint density at radius 2 is 1.90 bits per heavy atom. The molecule has 0 fully saturated rings. The van der Waals surface area contributed by atoms with Gasteiger partial charge in [-0.15, -0.1) is 11.3 Å². The molecule has 0 aliphatic heterocycles. The van der Waals surface area contributed by atoms with Crippen molar-refractivity contribution in [1.82, 2.24) is 4.57 Å². The van der Waals surface area contributed by atoms with Gasteiger partial charge in [-0.2, -0.15) is 5.26 Å². The second-order valence-corrected chi connectivity index (χ2v) is 7.24. The molecule has 1 aromatic heterocycles. The van der Waals surface area contributed by atoms with Gasteiger partial charge in [-0.25, -0.2) is 4.79 Å². The van der Waals surface area contributed by atoms with E-state index >= 15 is 0 Å². The molecule has 31 heavy (non-hydrogen) atoms. The van der Waals surface area contributed by atoms with Gasteiger partial charge in [0.25, 0.3) is 5.56 Å². The molecule has 0 saturated heterocycles. The summed E-state index contributed by atoms with van der Waals surface area (Å²) in [5.74, 6) is 0.365. The molecule has 0 N–H and O–H groups in total. The predicted molar refractivity (Wildman–Crippen MR) is 118 cm³/mol. The van der Waals surface area contributed by atoms with E-state index in [1.807, 2.05) is 12.1 Å². The van der Waals surface area contributed by atoms with Gasteiger partial charge in [0.2, 0.25) is 0 Å². The fourth-order valence-corrected chi connectivity index (χ4v) is 4.01. The number of carbonyl (C=O) groups excluding carboxylic acids is 1. The Hall–Kier alpha value is -3.83. The van der Waals surface area contributed by atoms with Crippen LogP contribution in [0.25, 0.3) is 17.3 Å². The van der Waals surface area contributed by atoms with E-state index in [-0.39, 0.29) is 22.4 Å². The minimum atomic E-state index is -0.774. The number of benzene rings is 2. The van der Waals surface area contributed by atoms with Gasteiger partial charge in [0.1, 0.15) is 22.2 Å². The summed E-state index contributed by atoms with van der Waals surface area (Å²) in [6, 6.07) is 15.9. The molecule has 2 aromatic carbocycles. The summed E-state index contributed by atoms with van der Waals surface area (Å²) in [7, 11) is 3.08. The molecule has 3 rings (SSSR count). The lowest BCUT2D eigenvalue weighted by Crippen LogP contribution is -2.31. The molecule has 0 unspecified atom stereocenters. The van der Waals surface area contributed by atoms with Crippen LogP contribution < -0.4 is 24.2 Å². The highest BCUT2D eigenvalue weighted by atomic mass is 32.1. The van der Waals surface area contributed by atoms with Crippen LogP contribution in [0.2, 0.25) is 0 Å². The summed E-state index contributed by atoms with van der Waals surface area (Å²) in [5.41, 5.74) is 0.607. The Labute approximate surface area is 182 Å². The van der Waals surface area contributed by atoms with Gasteiger partial charge in [-0.05, 0) is 37.3 Å². The zero-order valence-corrected chi connectivity index (χ0v) is 18.1. The number of para-hydroxylation sites is 1. The van der Waals surface area contributed by atoms with Crippen molar-refractivity contribution in [2.75, 3.05) is 20.8 Å². The zero-order chi connectivity index (χ0) is 22.4. The van der Waals surface area contributed by atoms with Gasteiger partial charge < -0.3 is 14.2 Å². The number of nitrogens with zero attached hydrogens (tertiary/aromatic N) is 2. The summed E-state index contributed by atoms with van der Waals surface area (Å²) >= 11 is 1.04. The van der Waals surface area contributed by atoms with Crippen molar-refractivity contribution in [3.05, 3.63) is 73.6 Å². The van der Waals surface area contributed by atoms with Crippen molar-refractivity contribution in [2.45, 2.75) is 6.92 Å². The Bertz CT molecular complexity index is 1320. The third-order valence-corrected chi connectivity index (χ3v) is 5.46. The van der Waals surface area contributed by atoms with Crippen LogP contribution in [0.1, 0.15) is 12.5 Å². The Balaban J connectivity index is 2.37. The van der Waals surface area contributed by atoms with Crippen LogP contribution in [0.5, 0.6) is 11.5 Å². The summed E-state index contributed by atoms with van der Waals surface area (Å²) in [4.78, 5) is 25.7. The largest absolute Gasteiger partial charge is 0.497 e. The molecule has 0 amide bonds. The fourth-order valence-electron chi connectivity index (χ4n) is 2.92. The van der Waals surface area contributed by atoms with Gasteiger partial charge in [0.05, 0.1) is 31.0 Å². The number of rotatable bonds is 6. The first-order valence-corrected chi connectivity index (χ1v) is 10.2. The van der Waals surface area contributed by atoms with Crippen molar-refractivity contribution in [3.63, 3.8) is 0 Å². The molecule has 0 aliphatic carbocycles. The number of aromatic nitrogens is 1. The lowest BCUT2D eigenvalue weighted by molar-refractivity contribution is -0.136. The van der Waals surface area contributed by atoms with Crippen LogP contribution in [0.3, 0.4) is 0 Å². The minimum absolute atomic E-state index is 0.118. The quantitative estimate of drug-likeness (QED) is 0.549. The van der Waals surface area contributed by atoms with Gasteiger partial charge in [-0.1, -0.05) is 18.2 Å². The third kappa shape index (κ3) is 4.52. The van der Waals surface area contributed by atoms with E-state index in [0.717, 1.165) is 11.3 Å². The highest BCUT2D eigenvalue weighted by molar-refractivity contribution is 7.07. The van der Waals surface area contributed by atoms with Crippen molar-refractivity contribution >= 4 is 29.0 Å². The van der Waals surface area contributed by atoms with Gasteiger partial charge in [-0.3, -0.25) is 9.36 Å². The second-order valence-electron chi connectivity index (χ2n) is 6.21. The molecular formula is C23H20N2O5S. The molecule has 3 aromatic rings. The number of hydrogen-bond donors (Lipinski definition) is 0. The average Bonchev–Trinajstić information content (AvgIpc) is 3.10. The molecule has 158 valence electrons. The van der Waals surface area contributed by atoms with Crippen LogP contribution in [0, 0.1) is 11.3 Å². The fraction of sp³-hybridized carbons (Fsp3) is 0.174. The molecule has 0 radical (unpaired) electrons. The summed E-state index contributed by atoms with van der Waals surface area (Å²) in [6.45, 7) is 1.77. The van der Waals surface area contributed by atoms with Gasteiger partial charge in [0, 0.05) is 11.6 Å². The topological polar surface area (TPSA) is 90.6 Å². The first-order valence-electron chi connectivity index (χ1n) is 9.36. The molecule has 1 heterocycles. The van der Waals surface area contributed by atoms with Crippen molar-refractivity contribution in [1.29, 1.82) is 5.26 Å². The Morgan fingerprint density at radius 3 is 2.52 bits per heavy atom. The molecule has 8 heteroatoms. The van der Waals surface area contributed by atoms with Crippen LogP contribution in [0.4, 0.5) is 0 Å². The maximum absolute atomic E-state index is 13.3. The summed E-state index contributed by atoms with van der Waals surface area (Å²) < 4.78 is 17.5. The summed E-state index contributed by atoms with van der Waals surface area (Å²) in [5, 5.41) is 9.64. The molecule has 0 saturated carbocycles. The average molecular weight is 436 g/mol. The first kappa shape index (κ1) is 21.9. The van der Waals surface area contributed by atoms with Crippen LogP contribution in [-0.2, 0) is 9.53 Å². The number of thiazole rings is 1. The van der Waals surface area contributed by atoms with E-state index in [1.165, 1.54) is 11.7 Å². The monoisotopic (exact) mass is 436 g/mol. The SMILES string of the molecule is CCOC(=O)C(C#N)=c1sc(=Cc2ccc(OC)cc2OC)c(=O)n1-c1ccccc1. The number of carbonyl (C=O) groups is 1. The van der Waals surface area contributed by atoms with Crippen molar-refractivity contribution < 1.29 is 19.0 Å². The number of ether oxygens (including phenoxy) is 3. The molecule has 7 nitrogen and oxygen atoms in total. The molecule has 0 spiro atoms. The van der Waals surface area contributed by atoms with E-state index in [1.54, 1.807) is 62.6 Å². The standard InChI is InChI=1S/C23H20N2O5S/c1-4-30-23(27)18(14-24)22-25(16-8-6-5-7-9-16)21(26)20(31-22)12-15-10-11-17(28-2)13-19(15)29-3/h5-13H,4H2,1-3H3. The number of hydrogen-bond acceptors (Lipinski definition) is 7. The minimum Gasteiger partial charge on any atom is -0.497 e. The Kier molecular flexibility index (Phi) is 6.90. The van der Waals surface area contributed by atoms with Gasteiger partial charge in [0.15, 0.2) is 5.57 Å². The molecular weight excluding hydrogens is 416 g/mol. The zero-order valence-electron chi connectivity index (χ0n) is 17.2. The second kappa shape index (κ2) is 9.78. The third-order valence-electron chi connectivity index (χ3n) is 4.37. The molecule has 0 atom stereocenters. The molecule has 0 bridgehead atoms. The lowest BCUT2D eigenvalue weighted by atomic mass is 10.2. The molecule has 0 aliphatic rings. The van der Waals surface area contributed by atoms with Crippen molar-refractivity contribution in [3.8, 4) is 23.3 Å².